The topological polar surface area (TPSA) is 20.2 Å². The monoisotopic (exact) mass is 222 g/mol. The molecule has 0 radical (unpaired) electrons. The lowest BCUT2D eigenvalue weighted by molar-refractivity contribution is -0.169. The first-order valence-corrected chi connectivity index (χ1v) is 5.05. The first-order chi connectivity index (χ1) is 6.56. The van der Waals surface area contributed by atoms with Crippen molar-refractivity contribution in [3.8, 4) is 0 Å². The molecule has 1 aliphatic rings. The molecule has 0 spiro atoms. The van der Waals surface area contributed by atoms with Gasteiger partial charge in [-0.2, -0.15) is 13.2 Å². The molecule has 0 aromatic rings. The molecular formula is C11H17F3O. The molecule has 0 heterocycles. The Morgan fingerprint density at radius 3 is 2.07 bits per heavy atom. The van der Waals surface area contributed by atoms with Gasteiger partial charge in [-0.05, 0) is 18.3 Å². The highest BCUT2D eigenvalue weighted by atomic mass is 19.4. The Kier molecular flexibility index (Phi) is 2.94. The van der Waals surface area contributed by atoms with E-state index in [-0.39, 0.29) is 12.8 Å². The molecule has 0 amide bonds. The standard InChI is InChI=1S/C11H17F3O/c1-9(2,3)10(15)6-4-8(5-7-10)11(12,13)14/h4,6,8,15H,5,7H2,1-3H3. The fourth-order valence-electron chi connectivity index (χ4n) is 1.73. The average Bonchev–Trinajstić information content (AvgIpc) is 2.01. The summed E-state index contributed by atoms with van der Waals surface area (Å²) in [6, 6.07) is 0. The minimum Gasteiger partial charge on any atom is -0.385 e. The highest BCUT2D eigenvalue weighted by Gasteiger charge is 2.45. The number of aliphatic hydroxyl groups is 1. The Balaban J connectivity index is 2.83. The zero-order chi connectivity index (χ0) is 11.9. The number of hydrogen-bond donors (Lipinski definition) is 1. The first kappa shape index (κ1) is 12.6. The van der Waals surface area contributed by atoms with Crippen LogP contribution in [0.4, 0.5) is 13.2 Å². The van der Waals surface area contributed by atoms with Crippen molar-refractivity contribution in [3.05, 3.63) is 12.2 Å². The zero-order valence-electron chi connectivity index (χ0n) is 9.23. The summed E-state index contributed by atoms with van der Waals surface area (Å²) in [7, 11) is 0. The summed E-state index contributed by atoms with van der Waals surface area (Å²) in [6.07, 6.45) is -1.65. The molecule has 0 saturated carbocycles. The molecule has 4 heteroatoms. The van der Waals surface area contributed by atoms with Crippen molar-refractivity contribution in [3.63, 3.8) is 0 Å². The van der Waals surface area contributed by atoms with Crippen molar-refractivity contribution < 1.29 is 18.3 Å². The predicted octanol–water partition coefficient (Wildman–Crippen LogP) is 3.29. The molecule has 88 valence electrons. The highest BCUT2D eigenvalue weighted by molar-refractivity contribution is 5.13. The van der Waals surface area contributed by atoms with Crippen LogP contribution in [-0.4, -0.2) is 16.9 Å². The van der Waals surface area contributed by atoms with Gasteiger partial charge >= 0.3 is 6.18 Å². The Morgan fingerprint density at radius 2 is 1.80 bits per heavy atom. The molecule has 0 bridgehead atoms. The molecule has 0 aromatic heterocycles. The third kappa shape index (κ3) is 2.54. The molecule has 1 N–H and O–H groups in total. The Bertz CT molecular complexity index is 262. The molecule has 1 rings (SSSR count). The van der Waals surface area contributed by atoms with Crippen molar-refractivity contribution in [2.45, 2.75) is 45.4 Å². The number of rotatable bonds is 0. The van der Waals surface area contributed by atoms with Crippen molar-refractivity contribution in [1.29, 1.82) is 0 Å². The van der Waals surface area contributed by atoms with E-state index in [1.807, 2.05) is 20.8 Å². The van der Waals surface area contributed by atoms with Gasteiger partial charge in [0.05, 0.1) is 11.5 Å². The molecule has 0 aliphatic heterocycles. The molecule has 0 saturated heterocycles. The van der Waals surface area contributed by atoms with E-state index in [4.69, 9.17) is 0 Å². The largest absolute Gasteiger partial charge is 0.395 e. The number of halogens is 3. The third-order valence-corrected chi connectivity index (χ3v) is 3.16. The maximum Gasteiger partial charge on any atom is 0.395 e. The average molecular weight is 222 g/mol. The summed E-state index contributed by atoms with van der Waals surface area (Å²) in [4.78, 5) is 0. The first-order valence-electron chi connectivity index (χ1n) is 5.05. The maximum atomic E-state index is 12.4. The van der Waals surface area contributed by atoms with Gasteiger partial charge in [-0.3, -0.25) is 0 Å². The number of allylic oxidation sites excluding steroid dienone is 1. The molecule has 2 unspecified atom stereocenters. The van der Waals surface area contributed by atoms with E-state index in [1.54, 1.807) is 0 Å². The quantitative estimate of drug-likeness (QED) is 0.623. The Hall–Kier alpha value is -0.510. The van der Waals surface area contributed by atoms with Crippen LogP contribution in [-0.2, 0) is 0 Å². The second-order valence-corrected chi connectivity index (χ2v) is 5.22. The summed E-state index contributed by atoms with van der Waals surface area (Å²) in [6.45, 7) is 5.47. The van der Waals surface area contributed by atoms with Crippen LogP contribution in [0.25, 0.3) is 0 Å². The number of hydrogen-bond acceptors (Lipinski definition) is 1. The van der Waals surface area contributed by atoms with E-state index in [0.29, 0.717) is 0 Å². The molecule has 0 aromatic carbocycles. The maximum absolute atomic E-state index is 12.4. The molecule has 1 nitrogen and oxygen atoms in total. The second-order valence-electron chi connectivity index (χ2n) is 5.22. The van der Waals surface area contributed by atoms with Crippen LogP contribution >= 0.6 is 0 Å². The van der Waals surface area contributed by atoms with Gasteiger partial charge in [0.1, 0.15) is 0 Å². The molecule has 0 fully saturated rings. The van der Waals surface area contributed by atoms with Gasteiger partial charge in [0, 0.05) is 0 Å². The van der Waals surface area contributed by atoms with Gasteiger partial charge in [-0.1, -0.05) is 32.9 Å². The van der Waals surface area contributed by atoms with E-state index in [1.165, 1.54) is 6.08 Å². The third-order valence-electron chi connectivity index (χ3n) is 3.16. The molecule has 1 aliphatic carbocycles. The van der Waals surface area contributed by atoms with E-state index in [0.717, 1.165) is 6.08 Å². The summed E-state index contributed by atoms with van der Waals surface area (Å²) in [5.41, 5.74) is -1.55. The second kappa shape index (κ2) is 3.51. The Labute approximate surface area is 88.0 Å². The summed E-state index contributed by atoms with van der Waals surface area (Å²) < 4.78 is 37.1. The van der Waals surface area contributed by atoms with E-state index < -0.39 is 23.1 Å². The van der Waals surface area contributed by atoms with Crippen molar-refractivity contribution in [1.82, 2.24) is 0 Å². The van der Waals surface area contributed by atoms with Gasteiger partial charge in [0.15, 0.2) is 0 Å². The van der Waals surface area contributed by atoms with Crippen LogP contribution in [0.2, 0.25) is 0 Å². The normalized spacial score (nSPS) is 33.1. The van der Waals surface area contributed by atoms with Gasteiger partial charge in [-0.15, -0.1) is 0 Å². The van der Waals surface area contributed by atoms with Gasteiger partial charge < -0.3 is 5.11 Å². The Morgan fingerprint density at radius 1 is 1.27 bits per heavy atom. The molecule has 2 atom stereocenters. The van der Waals surface area contributed by atoms with Crippen LogP contribution in [0.1, 0.15) is 33.6 Å². The molecule has 15 heavy (non-hydrogen) atoms. The fourth-order valence-corrected chi connectivity index (χ4v) is 1.73. The van der Waals surface area contributed by atoms with Gasteiger partial charge in [0.25, 0.3) is 0 Å². The van der Waals surface area contributed by atoms with Crippen LogP contribution in [0.5, 0.6) is 0 Å². The number of alkyl halides is 3. The SMILES string of the molecule is CC(C)(C)C1(O)C=CC(C(F)(F)F)CC1. The van der Waals surface area contributed by atoms with Crippen molar-refractivity contribution in [2.75, 3.05) is 0 Å². The lowest BCUT2D eigenvalue weighted by atomic mass is 9.70. The lowest BCUT2D eigenvalue weighted by Crippen LogP contribution is -2.44. The van der Waals surface area contributed by atoms with E-state index in [2.05, 4.69) is 0 Å². The highest BCUT2D eigenvalue weighted by Crippen LogP contribution is 2.43. The van der Waals surface area contributed by atoms with Crippen LogP contribution in [0.3, 0.4) is 0 Å². The van der Waals surface area contributed by atoms with E-state index >= 15 is 0 Å². The predicted molar refractivity (Wildman–Crippen MR) is 52.3 cm³/mol. The zero-order valence-corrected chi connectivity index (χ0v) is 9.23. The summed E-state index contributed by atoms with van der Waals surface area (Å²) >= 11 is 0. The minimum atomic E-state index is -4.18. The van der Waals surface area contributed by atoms with Crippen molar-refractivity contribution >= 4 is 0 Å². The van der Waals surface area contributed by atoms with Gasteiger partial charge in [-0.25, -0.2) is 0 Å². The summed E-state index contributed by atoms with van der Waals surface area (Å²) in [5, 5.41) is 10.1. The fraction of sp³-hybridized carbons (Fsp3) is 0.818. The van der Waals surface area contributed by atoms with Crippen LogP contribution in [0.15, 0.2) is 12.2 Å². The lowest BCUT2D eigenvalue weighted by Gasteiger charge is -2.41. The molecular weight excluding hydrogens is 205 g/mol. The minimum absolute atomic E-state index is 0.0340. The van der Waals surface area contributed by atoms with Gasteiger partial charge in [0.2, 0.25) is 0 Å². The van der Waals surface area contributed by atoms with Crippen molar-refractivity contribution in [2.24, 2.45) is 11.3 Å². The van der Waals surface area contributed by atoms with Crippen LogP contribution in [0, 0.1) is 11.3 Å². The summed E-state index contributed by atoms with van der Waals surface area (Å²) in [5.74, 6) is -1.40. The smallest absolute Gasteiger partial charge is 0.385 e. The van der Waals surface area contributed by atoms with Crippen LogP contribution < -0.4 is 0 Å². The van der Waals surface area contributed by atoms with E-state index in [9.17, 15) is 18.3 Å².